The zero-order valence-corrected chi connectivity index (χ0v) is 14.1. The van der Waals surface area contributed by atoms with Gasteiger partial charge in [0.05, 0.1) is 22.0 Å². The molecule has 0 bridgehead atoms. The Morgan fingerprint density at radius 1 is 1.42 bits per heavy atom. The molecule has 2 rings (SSSR count). The fraction of sp³-hybridized carbons (Fsp3) is 0.385. The maximum Gasteiger partial charge on any atom is 0.229 e. The summed E-state index contributed by atoms with van der Waals surface area (Å²) in [6.45, 7) is 0.989. The Morgan fingerprint density at radius 2 is 2.08 bits per heavy atom. The summed E-state index contributed by atoms with van der Waals surface area (Å²) >= 11 is 12.2. The number of nitrogen functional groups attached to an aromatic ring is 1. The molecule has 1 aliphatic rings. The van der Waals surface area contributed by atoms with Crippen LogP contribution in [0.5, 0.6) is 0 Å². The third-order valence-corrected chi connectivity index (χ3v) is 3.75. The number of hydrogen-bond donors (Lipinski definition) is 4. The molecule has 0 saturated carbocycles. The van der Waals surface area contributed by atoms with Crippen molar-refractivity contribution >= 4 is 46.4 Å². The number of nitrogens with one attached hydrogen (secondary N) is 1. The van der Waals surface area contributed by atoms with E-state index in [9.17, 15) is 4.79 Å². The van der Waals surface area contributed by atoms with Gasteiger partial charge in [-0.3, -0.25) is 24.9 Å². The summed E-state index contributed by atoms with van der Waals surface area (Å²) in [5, 5.41) is 20.0. The van der Waals surface area contributed by atoms with Gasteiger partial charge in [0.1, 0.15) is 5.69 Å². The van der Waals surface area contributed by atoms with Gasteiger partial charge in [0.15, 0.2) is 0 Å². The van der Waals surface area contributed by atoms with Gasteiger partial charge in [-0.1, -0.05) is 23.2 Å². The van der Waals surface area contributed by atoms with Gasteiger partial charge in [-0.15, -0.1) is 0 Å². The molecule has 11 heteroatoms. The minimum absolute atomic E-state index is 0.0118. The van der Waals surface area contributed by atoms with E-state index >= 15 is 0 Å². The maximum atomic E-state index is 12.2. The largest absolute Gasteiger partial charge is 0.399 e. The fourth-order valence-corrected chi connectivity index (χ4v) is 2.71. The lowest BCUT2D eigenvalue weighted by molar-refractivity contribution is -0.492. The van der Waals surface area contributed by atoms with Crippen molar-refractivity contribution in [1.29, 1.82) is 0 Å². The third kappa shape index (κ3) is 4.94. The molecule has 0 atom stereocenters. The molecule has 1 aromatic carbocycles. The summed E-state index contributed by atoms with van der Waals surface area (Å²) in [6.07, 6.45) is 0.460. The standard InChI is InChI=1S/C13H17Cl2N5O4/c14-9-6-8(16)7-10(15)12(9)18-13-17-3-4-19(13)11(21)2-1-5-24-20(22)23/h6-7,22-23H,1-5,16H2,(H,17,18). The number of carbonyl (C=O) groups is 1. The van der Waals surface area contributed by atoms with Gasteiger partial charge >= 0.3 is 0 Å². The molecule has 0 aromatic heterocycles. The quantitative estimate of drug-likeness (QED) is 0.338. The Labute approximate surface area is 148 Å². The van der Waals surface area contributed by atoms with E-state index in [2.05, 4.69) is 15.1 Å². The van der Waals surface area contributed by atoms with E-state index < -0.39 is 0 Å². The summed E-state index contributed by atoms with van der Waals surface area (Å²) in [5.41, 5.74) is 6.40. The molecule has 1 aromatic rings. The van der Waals surface area contributed by atoms with E-state index in [0.29, 0.717) is 36.8 Å². The number of carbonyl (C=O) groups excluding carboxylic acids is 1. The lowest BCUT2D eigenvalue weighted by atomic mass is 10.3. The molecule has 9 nitrogen and oxygen atoms in total. The summed E-state index contributed by atoms with van der Waals surface area (Å²) in [7, 11) is 0. The second kappa shape index (κ2) is 8.47. The Morgan fingerprint density at radius 3 is 2.71 bits per heavy atom. The molecule has 0 unspecified atom stereocenters. The molecule has 24 heavy (non-hydrogen) atoms. The summed E-state index contributed by atoms with van der Waals surface area (Å²) in [4.78, 5) is 22.4. The van der Waals surface area contributed by atoms with Crippen molar-refractivity contribution in [3.8, 4) is 0 Å². The first-order valence-electron chi connectivity index (χ1n) is 7.06. The van der Waals surface area contributed by atoms with Crippen molar-refractivity contribution in [1.82, 2.24) is 15.6 Å². The second-order valence-electron chi connectivity index (χ2n) is 4.93. The predicted octanol–water partition coefficient (Wildman–Crippen LogP) is 1.79. The number of anilines is 1. The number of rotatable bonds is 6. The van der Waals surface area contributed by atoms with Gasteiger partial charge in [-0.2, -0.15) is 0 Å². The van der Waals surface area contributed by atoms with E-state index in [0.717, 1.165) is 0 Å². The van der Waals surface area contributed by atoms with Crippen molar-refractivity contribution in [2.75, 3.05) is 25.4 Å². The molecule has 0 spiro atoms. The molecule has 5 N–H and O–H groups in total. The number of hydrogen-bond acceptors (Lipinski definition) is 7. The van der Waals surface area contributed by atoms with Crippen molar-refractivity contribution in [3.05, 3.63) is 22.2 Å². The summed E-state index contributed by atoms with van der Waals surface area (Å²) in [5.74, 6) is 0.160. The van der Waals surface area contributed by atoms with Crippen LogP contribution in [0.1, 0.15) is 12.8 Å². The number of halogens is 2. The van der Waals surface area contributed by atoms with Crippen LogP contribution in [0.3, 0.4) is 0 Å². The molecular formula is C13H17Cl2N5O4. The predicted molar refractivity (Wildman–Crippen MR) is 88.3 cm³/mol. The van der Waals surface area contributed by atoms with Gasteiger partial charge in [0.25, 0.3) is 0 Å². The number of aliphatic imine (C=N–C) groups is 1. The normalized spacial score (nSPS) is 16.0. The van der Waals surface area contributed by atoms with E-state index in [1.807, 2.05) is 0 Å². The highest BCUT2D eigenvalue weighted by molar-refractivity contribution is 6.39. The van der Waals surface area contributed by atoms with Crippen LogP contribution < -0.4 is 11.1 Å². The smallest absolute Gasteiger partial charge is 0.229 e. The molecular weight excluding hydrogens is 361 g/mol. The Bertz CT molecular complexity index is 618. The lowest BCUT2D eigenvalue weighted by Gasteiger charge is -2.16. The van der Waals surface area contributed by atoms with Gasteiger partial charge < -0.3 is 11.1 Å². The zero-order valence-electron chi connectivity index (χ0n) is 12.6. The monoisotopic (exact) mass is 377 g/mol. The van der Waals surface area contributed by atoms with E-state index in [1.54, 1.807) is 0 Å². The van der Waals surface area contributed by atoms with Crippen LogP contribution in [-0.4, -0.2) is 52.3 Å². The number of amides is 1. The first kappa shape index (κ1) is 18.7. The Kier molecular flexibility index (Phi) is 6.60. The number of nitrogens with zero attached hydrogens (tertiary/aromatic N) is 3. The summed E-state index contributed by atoms with van der Waals surface area (Å²) < 4.78 is 0. The molecule has 1 aliphatic heterocycles. The zero-order chi connectivity index (χ0) is 17.7. The average Bonchev–Trinajstić information content (AvgIpc) is 2.95. The van der Waals surface area contributed by atoms with Crippen LogP contribution in [0.2, 0.25) is 10.0 Å². The van der Waals surface area contributed by atoms with Crippen molar-refractivity contribution in [2.24, 2.45) is 4.99 Å². The minimum Gasteiger partial charge on any atom is -0.399 e. The van der Waals surface area contributed by atoms with Crippen LogP contribution in [0.25, 0.3) is 0 Å². The Balaban J connectivity index is 2.06. The molecule has 1 saturated heterocycles. The molecule has 1 amide bonds. The fourth-order valence-electron chi connectivity index (χ4n) is 2.13. The van der Waals surface area contributed by atoms with Crippen LogP contribution in [-0.2, 0) is 9.63 Å². The van der Waals surface area contributed by atoms with Crippen LogP contribution in [0, 0.1) is 0 Å². The minimum atomic E-state index is -0.389. The third-order valence-electron chi connectivity index (χ3n) is 3.17. The second-order valence-corrected chi connectivity index (χ2v) is 5.74. The average molecular weight is 378 g/mol. The topological polar surface area (TPSA) is 124 Å². The number of guanidine groups is 1. The first-order chi connectivity index (χ1) is 11.4. The van der Waals surface area contributed by atoms with Crippen molar-refractivity contribution in [2.45, 2.75) is 12.8 Å². The van der Waals surface area contributed by atoms with E-state index in [-0.39, 0.29) is 34.4 Å². The highest BCUT2D eigenvalue weighted by Crippen LogP contribution is 2.35. The summed E-state index contributed by atoms with van der Waals surface area (Å²) in [6, 6.07) is 3.06. The van der Waals surface area contributed by atoms with Crippen molar-refractivity contribution < 1.29 is 20.0 Å². The molecule has 132 valence electrons. The van der Waals surface area contributed by atoms with Gasteiger partial charge in [-0.25, -0.2) is 4.99 Å². The first-order valence-corrected chi connectivity index (χ1v) is 7.82. The van der Waals surface area contributed by atoms with Gasteiger partial charge in [0, 0.05) is 25.2 Å². The van der Waals surface area contributed by atoms with E-state index in [4.69, 9.17) is 39.4 Å². The molecule has 1 fully saturated rings. The molecule has 0 radical (unpaired) electrons. The Hall–Kier alpha value is -1.62. The number of nitrogens with two attached hydrogens (primary N) is 1. The van der Waals surface area contributed by atoms with E-state index in [1.165, 1.54) is 17.0 Å². The maximum absolute atomic E-state index is 12.2. The number of benzene rings is 1. The molecule has 0 aliphatic carbocycles. The highest BCUT2D eigenvalue weighted by Gasteiger charge is 2.25. The lowest BCUT2D eigenvalue weighted by Crippen LogP contribution is -2.35. The highest BCUT2D eigenvalue weighted by atomic mass is 35.5. The van der Waals surface area contributed by atoms with Gasteiger partial charge in [0.2, 0.25) is 11.9 Å². The van der Waals surface area contributed by atoms with Gasteiger partial charge in [-0.05, 0) is 18.6 Å². The van der Waals surface area contributed by atoms with Crippen LogP contribution in [0.4, 0.5) is 11.4 Å². The van der Waals surface area contributed by atoms with Crippen molar-refractivity contribution in [3.63, 3.8) is 0 Å². The SMILES string of the molecule is Nc1cc(Cl)c(/N=C2\NCCN2C(=O)CCCON(O)O)c(Cl)c1. The molecule has 1 heterocycles. The van der Waals surface area contributed by atoms with Crippen LogP contribution >= 0.6 is 23.2 Å². The van der Waals surface area contributed by atoms with Crippen LogP contribution in [0.15, 0.2) is 17.1 Å².